The van der Waals surface area contributed by atoms with Gasteiger partial charge in [-0.25, -0.2) is 0 Å². The van der Waals surface area contributed by atoms with Crippen molar-refractivity contribution in [3.05, 3.63) is 106 Å². The Morgan fingerprint density at radius 2 is 1.25 bits per heavy atom. The Morgan fingerprint density at radius 1 is 0.679 bits per heavy atom. The summed E-state index contributed by atoms with van der Waals surface area (Å²) in [5.74, 6) is 2.86. The van der Waals surface area contributed by atoms with Crippen LogP contribution in [-0.2, 0) is 34.6 Å². The number of aromatic nitrogens is 3. The summed E-state index contributed by atoms with van der Waals surface area (Å²) in [6.07, 6.45) is 0. The molecule has 0 aliphatic heterocycles. The first-order valence-electron chi connectivity index (χ1n) is 14.1. The van der Waals surface area contributed by atoms with E-state index in [0.29, 0.717) is 6.07 Å². The summed E-state index contributed by atoms with van der Waals surface area (Å²) in [5.41, 5.74) is -2.15. The van der Waals surface area contributed by atoms with Crippen molar-refractivity contribution in [1.29, 1.82) is 0 Å². The normalized spacial score (nSPS) is 13.2. The van der Waals surface area contributed by atoms with Crippen molar-refractivity contribution >= 4 is 99.5 Å². The molecule has 19 nitrogen and oxygen atoms in total. The monoisotopic (exact) mass is 820 g/mol. The van der Waals surface area contributed by atoms with Crippen LogP contribution in [0.25, 0.3) is 0 Å². The Kier molecular flexibility index (Phi) is 9.84. The van der Waals surface area contributed by atoms with E-state index in [-0.39, 0.29) is 56.1 Å². The summed E-state index contributed by atoms with van der Waals surface area (Å²) in [4.78, 5) is 35.3. The molecule has 0 atom stereocenters. The van der Waals surface area contributed by atoms with Gasteiger partial charge in [-0.3, -0.25) is 18.7 Å². The summed E-state index contributed by atoms with van der Waals surface area (Å²) in [7, 11) is -15.5. The quantitative estimate of drug-likeness (QED) is 0.0695. The van der Waals surface area contributed by atoms with Crippen LogP contribution in [-0.4, -0.2) is 60.9 Å². The van der Waals surface area contributed by atoms with Gasteiger partial charge in [0.1, 0.15) is 20.4 Å². The fraction of sp³-hybridized carbons (Fsp3) is 0. The minimum absolute atomic E-state index is 0.0922. The van der Waals surface area contributed by atoms with Crippen LogP contribution in [0.3, 0.4) is 0 Å². The average molecular weight is 822 g/mol. The van der Waals surface area contributed by atoms with Gasteiger partial charge in [0.05, 0.1) is 22.5 Å². The molecule has 272 valence electrons. The van der Waals surface area contributed by atoms with Crippen molar-refractivity contribution in [2.24, 2.45) is 16.1 Å². The highest BCUT2D eigenvalue weighted by atomic mass is 35.5. The molecule has 0 amide bonds. The maximum absolute atomic E-state index is 13.7. The molecular formula is C29H18Cl2N8O11S3. The zero-order valence-electron chi connectivity index (χ0n) is 25.8. The summed E-state index contributed by atoms with van der Waals surface area (Å²) < 4.78 is 98.9. The van der Waals surface area contributed by atoms with Gasteiger partial charge in [0.2, 0.25) is 16.5 Å². The molecule has 6 N–H and O–H groups in total. The molecule has 0 fully saturated rings. The lowest BCUT2D eigenvalue weighted by Gasteiger charge is -2.24. The van der Waals surface area contributed by atoms with Crippen molar-refractivity contribution in [3.63, 3.8) is 0 Å². The zero-order chi connectivity index (χ0) is 38.5. The SMILES string of the molecule is NOS(=O)(=O)c1c(S(=O)(=O)O)cc(Nc2ccc(N=Nc3ccc(Nc4nc(Cl)nc(Cl)n4)cc3S(=O)(=O)O)cc2)c2c1C(=O)c1ccccc1C2=O. The standard InChI is InChI=1S/C29H18Cl2N8O11S3/c30-27-35-28(31)37-29(36-27)34-15-9-10-18(20(11-15)51(42,43)44)39-38-14-7-5-13(6-8-14)33-19-12-21(52(45,46)47)26(53(48,49)50-32)23-22(19)24(40)16-3-1-2-4-17(16)25(23)41/h1-12,33H,32H2,(H,42,43,44)(H,45,46,47)(H,34,35,36,37). The molecule has 0 saturated carbocycles. The minimum atomic E-state index is -5.40. The van der Waals surface area contributed by atoms with Crippen LogP contribution in [0.4, 0.5) is 34.4 Å². The number of benzene rings is 4. The van der Waals surface area contributed by atoms with Gasteiger partial charge in [-0.1, -0.05) is 24.3 Å². The zero-order valence-corrected chi connectivity index (χ0v) is 29.8. The molecule has 53 heavy (non-hydrogen) atoms. The largest absolute Gasteiger partial charge is 0.355 e. The first-order chi connectivity index (χ1) is 24.9. The highest BCUT2D eigenvalue weighted by molar-refractivity contribution is 7.89. The van der Waals surface area contributed by atoms with E-state index in [2.05, 4.69) is 40.1 Å². The Labute approximate surface area is 308 Å². The van der Waals surface area contributed by atoms with Crippen LogP contribution in [0.15, 0.2) is 97.7 Å². The summed E-state index contributed by atoms with van der Waals surface area (Å²) in [5, 5.41) is 12.8. The van der Waals surface area contributed by atoms with Crippen LogP contribution in [0.2, 0.25) is 10.6 Å². The number of nitrogens with one attached hydrogen (secondary N) is 2. The van der Waals surface area contributed by atoms with Gasteiger partial charge in [0.15, 0.2) is 11.6 Å². The molecule has 0 spiro atoms. The van der Waals surface area contributed by atoms with E-state index in [0.717, 1.165) is 6.07 Å². The van der Waals surface area contributed by atoms with E-state index >= 15 is 0 Å². The molecule has 0 saturated heterocycles. The lowest BCUT2D eigenvalue weighted by Crippen LogP contribution is -2.28. The fourth-order valence-corrected chi connectivity index (χ4v) is 8.18. The second kappa shape index (κ2) is 13.9. The van der Waals surface area contributed by atoms with Crippen molar-refractivity contribution in [1.82, 2.24) is 15.0 Å². The molecule has 0 radical (unpaired) electrons. The van der Waals surface area contributed by atoms with E-state index in [1.165, 1.54) is 60.7 Å². The molecule has 1 aliphatic carbocycles. The minimum Gasteiger partial charge on any atom is -0.355 e. The lowest BCUT2D eigenvalue weighted by molar-refractivity contribution is 0.0976. The molecular weight excluding hydrogens is 803 g/mol. The van der Waals surface area contributed by atoms with Gasteiger partial charge in [0.25, 0.3) is 20.2 Å². The highest BCUT2D eigenvalue weighted by Gasteiger charge is 2.41. The number of carbonyl (C=O) groups is 2. The van der Waals surface area contributed by atoms with Crippen molar-refractivity contribution < 1.29 is 48.2 Å². The number of hydrogen-bond acceptors (Lipinski definition) is 17. The third kappa shape index (κ3) is 7.61. The number of rotatable bonds is 10. The van der Waals surface area contributed by atoms with Gasteiger partial charge in [0, 0.05) is 22.5 Å². The van der Waals surface area contributed by atoms with Crippen LogP contribution < -0.4 is 16.5 Å². The Morgan fingerprint density at radius 3 is 1.81 bits per heavy atom. The van der Waals surface area contributed by atoms with E-state index in [1.807, 2.05) is 0 Å². The van der Waals surface area contributed by atoms with Crippen LogP contribution in [0, 0.1) is 0 Å². The second-order valence-corrected chi connectivity index (χ2v) is 15.5. The lowest BCUT2D eigenvalue weighted by atomic mass is 9.83. The molecule has 0 bridgehead atoms. The number of carbonyl (C=O) groups excluding carboxylic acids is 2. The topological polar surface area (TPSA) is 300 Å². The molecule has 4 aromatic carbocycles. The molecule has 1 heterocycles. The van der Waals surface area contributed by atoms with Gasteiger partial charge in [-0.05, 0) is 71.7 Å². The number of ketones is 2. The maximum Gasteiger partial charge on any atom is 0.314 e. The number of halogens is 2. The summed E-state index contributed by atoms with van der Waals surface area (Å²) in [6, 6.07) is 15.0. The van der Waals surface area contributed by atoms with Crippen molar-refractivity contribution in [3.8, 4) is 0 Å². The van der Waals surface area contributed by atoms with Crippen LogP contribution in [0.5, 0.6) is 0 Å². The maximum atomic E-state index is 13.7. The van der Waals surface area contributed by atoms with Gasteiger partial charge in [-0.2, -0.15) is 55.5 Å². The number of hydrogen-bond donors (Lipinski definition) is 5. The highest BCUT2D eigenvalue weighted by Crippen LogP contribution is 2.41. The molecule has 6 rings (SSSR count). The fourth-order valence-electron chi connectivity index (χ4n) is 5.10. The van der Waals surface area contributed by atoms with Gasteiger partial charge < -0.3 is 10.6 Å². The third-order valence-electron chi connectivity index (χ3n) is 7.26. The third-order valence-corrected chi connectivity index (χ3v) is 10.7. The summed E-state index contributed by atoms with van der Waals surface area (Å²) in [6.45, 7) is 0. The summed E-state index contributed by atoms with van der Waals surface area (Å²) >= 11 is 11.5. The first kappa shape index (κ1) is 37.5. The van der Waals surface area contributed by atoms with Gasteiger partial charge >= 0.3 is 10.1 Å². The molecule has 1 aromatic heterocycles. The second-order valence-electron chi connectivity index (χ2n) is 10.6. The Balaban J connectivity index is 1.36. The predicted molar refractivity (Wildman–Crippen MR) is 185 cm³/mol. The average Bonchev–Trinajstić information content (AvgIpc) is 3.09. The van der Waals surface area contributed by atoms with E-state index in [4.69, 9.17) is 29.1 Å². The molecule has 0 unspecified atom stereocenters. The number of anilines is 4. The Bertz CT molecular complexity index is 2730. The van der Waals surface area contributed by atoms with Crippen molar-refractivity contribution in [2.45, 2.75) is 14.7 Å². The molecule has 1 aliphatic rings. The smallest absolute Gasteiger partial charge is 0.314 e. The number of azo groups is 1. The van der Waals surface area contributed by atoms with Crippen molar-refractivity contribution in [2.75, 3.05) is 10.6 Å². The predicted octanol–water partition coefficient (Wildman–Crippen LogP) is 4.93. The number of nitrogens with two attached hydrogens (primary N) is 1. The number of nitrogens with zero attached hydrogens (tertiary/aromatic N) is 5. The van der Waals surface area contributed by atoms with Gasteiger partial charge in [-0.15, -0.1) is 5.11 Å². The molecule has 5 aromatic rings. The van der Waals surface area contributed by atoms with Crippen LogP contribution in [0.1, 0.15) is 31.8 Å². The number of fused-ring (bicyclic) bond motifs is 2. The Hall–Kier alpha value is -5.30. The van der Waals surface area contributed by atoms with E-state index in [1.54, 1.807) is 0 Å². The molecule has 24 heteroatoms. The van der Waals surface area contributed by atoms with E-state index in [9.17, 15) is 43.9 Å². The first-order valence-corrected chi connectivity index (χ1v) is 19.2. The van der Waals surface area contributed by atoms with E-state index < -0.39 is 67.7 Å². The van der Waals surface area contributed by atoms with Crippen LogP contribution >= 0.6 is 23.2 Å².